The third-order valence-electron chi connectivity index (χ3n) is 5.16. The van der Waals surface area contributed by atoms with Crippen molar-refractivity contribution in [2.75, 3.05) is 38.7 Å². The lowest BCUT2D eigenvalue weighted by molar-refractivity contribution is 0.0985. The second kappa shape index (κ2) is 9.94. The average Bonchev–Trinajstić information content (AvgIpc) is 3.25. The van der Waals surface area contributed by atoms with Gasteiger partial charge in [-0.3, -0.25) is 9.69 Å². The van der Waals surface area contributed by atoms with Crippen LogP contribution in [0.4, 0.5) is 5.13 Å². The quantitative estimate of drug-likeness (QED) is 0.356. The number of aromatic nitrogens is 1. The Morgan fingerprint density at radius 2 is 1.62 bits per heavy atom. The van der Waals surface area contributed by atoms with E-state index in [0.29, 0.717) is 23.8 Å². The summed E-state index contributed by atoms with van der Waals surface area (Å²) in [5, 5.41) is 0.686. The van der Waals surface area contributed by atoms with E-state index >= 15 is 0 Å². The topological polar surface area (TPSA) is 45.7 Å². The van der Waals surface area contributed by atoms with Crippen molar-refractivity contribution in [1.82, 2.24) is 9.88 Å². The molecule has 0 radical (unpaired) electrons. The summed E-state index contributed by atoms with van der Waals surface area (Å²) in [6.45, 7) is 3.82. The molecule has 5 nitrogen and oxygen atoms in total. The Balaban J connectivity index is 1.66. The van der Waals surface area contributed by atoms with Crippen LogP contribution in [0, 0.1) is 0 Å². The molecular formula is C26H27N3O2S. The van der Waals surface area contributed by atoms with E-state index in [-0.39, 0.29) is 5.91 Å². The Bertz CT molecular complexity index is 1190. The molecule has 0 atom stereocenters. The molecule has 3 aromatic carbocycles. The molecule has 0 unspecified atom stereocenters. The zero-order chi connectivity index (χ0) is 22.5. The van der Waals surface area contributed by atoms with Crippen molar-refractivity contribution >= 4 is 32.6 Å². The maximum atomic E-state index is 13.5. The summed E-state index contributed by atoms with van der Waals surface area (Å²) in [5.41, 5.74) is 3.66. The minimum Gasteiger partial charge on any atom is -0.492 e. The molecule has 0 saturated heterocycles. The maximum absolute atomic E-state index is 13.5. The zero-order valence-electron chi connectivity index (χ0n) is 18.6. The van der Waals surface area contributed by atoms with Crippen molar-refractivity contribution in [3.63, 3.8) is 0 Å². The first-order valence-corrected chi connectivity index (χ1v) is 11.5. The first kappa shape index (κ1) is 22.0. The second-order valence-electron chi connectivity index (χ2n) is 7.74. The van der Waals surface area contributed by atoms with Gasteiger partial charge in [-0.25, -0.2) is 4.98 Å². The maximum Gasteiger partial charge on any atom is 0.260 e. The largest absolute Gasteiger partial charge is 0.492 e. The summed E-state index contributed by atoms with van der Waals surface area (Å²) in [7, 11) is 4.01. The summed E-state index contributed by atoms with van der Waals surface area (Å²) in [6, 6.07) is 23.8. The molecule has 1 heterocycles. The number of anilines is 1. The summed E-state index contributed by atoms with van der Waals surface area (Å²) in [5.74, 6) is 0.697. The fourth-order valence-electron chi connectivity index (χ4n) is 3.47. The number of nitrogens with zero attached hydrogens (tertiary/aromatic N) is 3. The predicted octanol–water partition coefficient (Wildman–Crippen LogP) is 5.57. The molecular weight excluding hydrogens is 418 g/mol. The van der Waals surface area contributed by atoms with Gasteiger partial charge in [-0.15, -0.1) is 0 Å². The number of hydrogen-bond donors (Lipinski definition) is 0. The van der Waals surface area contributed by atoms with Crippen LogP contribution in [-0.2, 0) is 0 Å². The third-order valence-corrected chi connectivity index (χ3v) is 6.20. The van der Waals surface area contributed by atoms with E-state index in [1.54, 1.807) is 4.90 Å². The summed E-state index contributed by atoms with van der Waals surface area (Å²) >= 11 is 1.52. The van der Waals surface area contributed by atoms with Gasteiger partial charge < -0.3 is 9.64 Å². The van der Waals surface area contributed by atoms with Crippen molar-refractivity contribution in [3.05, 3.63) is 78.4 Å². The van der Waals surface area contributed by atoms with Gasteiger partial charge in [0.05, 0.1) is 11.3 Å². The summed E-state index contributed by atoms with van der Waals surface area (Å²) in [4.78, 5) is 22.2. The van der Waals surface area contributed by atoms with Crippen LogP contribution in [0.5, 0.6) is 5.75 Å². The van der Waals surface area contributed by atoms with E-state index in [1.807, 2.05) is 81.7 Å². The lowest BCUT2D eigenvalue weighted by Crippen LogP contribution is -2.36. The molecule has 0 N–H and O–H groups in total. The van der Waals surface area contributed by atoms with Crippen LogP contribution in [0.2, 0.25) is 0 Å². The molecule has 0 bridgehead atoms. The van der Waals surface area contributed by atoms with Gasteiger partial charge in [-0.1, -0.05) is 59.9 Å². The third kappa shape index (κ3) is 4.82. The Labute approximate surface area is 192 Å². The van der Waals surface area contributed by atoms with Crippen LogP contribution in [0.25, 0.3) is 21.3 Å². The normalized spacial score (nSPS) is 11.1. The lowest BCUT2D eigenvalue weighted by atomic mass is 10.0. The molecule has 0 fully saturated rings. The zero-order valence-corrected chi connectivity index (χ0v) is 19.4. The minimum atomic E-state index is -0.0523. The number of carbonyl (C=O) groups is 1. The minimum absolute atomic E-state index is 0.0523. The van der Waals surface area contributed by atoms with Crippen LogP contribution in [-0.4, -0.2) is 49.6 Å². The predicted molar refractivity (Wildman–Crippen MR) is 133 cm³/mol. The Morgan fingerprint density at radius 3 is 2.31 bits per heavy atom. The van der Waals surface area contributed by atoms with Gasteiger partial charge in [-0.2, -0.15) is 0 Å². The molecule has 4 rings (SSSR count). The van der Waals surface area contributed by atoms with Gasteiger partial charge in [0.1, 0.15) is 11.3 Å². The van der Waals surface area contributed by atoms with Crippen molar-refractivity contribution < 1.29 is 9.53 Å². The van der Waals surface area contributed by atoms with E-state index in [9.17, 15) is 4.79 Å². The number of amides is 1. The molecule has 0 saturated carbocycles. The van der Waals surface area contributed by atoms with E-state index < -0.39 is 0 Å². The molecule has 32 heavy (non-hydrogen) atoms. The van der Waals surface area contributed by atoms with E-state index in [4.69, 9.17) is 9.72 Å². The van der Waals surface area contributed by atoms with Crippen LogP contribution in [0.15, 0.2) is 72.8 Å². The number of rotatable bonds is 8. The highest BCUT2D eigenvalue weighted by Gasteiger charge is 2.22. The molecule has 1 amide bonds. The molecule has 0 aliphatic heterocycles. The standard InChI is InChI=1S/C26H27N3O2S/c1-4-31-22-11-8-12-23-24(22)27-26(32-23)29(18-17-28(2)3)25(30)21-15-13-20(14-16-21)19-9-6-5-7-10-19/h5-16H,4,17-18H2,1-3H3. The number of fused-ring (bicyclic) bond motifs is 1. The van der Waals surface area contributed by atoms with Crippen LogP contribution in [0.3, 0.4) is 0 Å². The first-order valence-electron chi connectivity index (χ1n) is 10.7. The van der Waals surface area contributed by atoms with Crippen LogP contribution >= 0.6 is 11.3 Å². The Hall–Kier alpha value is -3.22. The first-order chi connectivity index (χ1) is 15.6. The number of carbonyl (C=O) groups excluding carboxylic acids is 1. The van der Waals surface area contributed by atoms with Crippen LogP contribution in [0.1, 0.15) is 17.3 Å². The Kier molecular flexibility index (Phi) is 6.83. The number of para-hydroxylation sites is 1. The van der Waals surface area contributed by atoms with Gasteiger partial charge in [0.25, 0.3) is 5.91 Å². The van der Waals surface area contributed by atoms with Crippen molar-refractivity contribution in [2.24, 2.45) is 0 Å². The fraction of sp³-hybridized carbons (Fsp3) is 0.231. The molecule has 4 aromatic rings. The fourth-order valence-corrected chi connectivity index (χ4v) is 4.48. The van der Waals surface area contributed by atoms with Crippen LogP contribution < -0.4 is 9.64 Å². The van der Waals surface area contributed by atoms with Gasteiger partial charge in [0.15, 0.2) is 5.13 Å². The van der Waals surface area contributed by atoms with E-state index in [0.717, 1.165) is 33.6 Å². The lowest BCUT2D eigenvalue weighted by Gasteiger charge is -2.22. The number of likely N-dealkylation sites (N-methyl/N-ethyl adjacent to an activating group) is 1. The molecule has 1 aromatic heterocycles. The smallest absolute Gasteiger partial charge is 0.260 e. The molecule has 0 aliphatic rings. The van der Waals surface area contributed by atoms with Gasteiger partial charge >= 0.3 is 0 Å². The van der Waals surface area contributed by atoms with E-state index in [1.165, 1.54) is 11.3 Å². The van der Waals surface area contributed by atoms with Crippen molar-refractivity contribution in [2.45, 2.75) is 6.92 Å². The summed E-state index contributed by atoms with van der Waals surface area (Å²) in [6.07, 6.45) is 0. The number of hydrogen-bond acceptors (Lipinski definition) is 5. The van der Waals surface area contributed by atoms with Crippen molar-refractivity contribution in [3.8, 4) is 16.9 Å². The number of thiazole rings is 1. The molecule has 0 aliphatic carbocycles. The molecule has 164 valence electrons. The van der Waals surface area contributed by atoms with Gasteiger partial charge in [0.2, 0.25) is 0 Å². The van der Waals surface area contributed by atoms with E-state index in [2.05, 4.69) is 17.0 Å². The Morgan fingerprint density at radius 1 is 0.906 bits per heavy atom. The second-order valence-corrected chi connectivity index (χ2v) is 8.74. The summed E-state index contributed by atoms with van der Waals surface area (Å²) < 4.78 is 6.75. The number of benzene rings is 3. The van der Waals surface area contributed by atoms with Gasteiger partial charge in [-0.05, 0) is 56.4 Å². The van der Waals surface area contributed by atoms with Crippen molar-refractivity contribution in [1.29, 1.82) is 0 Å². The highest BCUT2D eigenvalue weighted by Crippen LogP contribution is 2.35. The number of ether oxygens (including phenoxy) is 1. The highest BCUT2D eigenvalue weighted by molar-refractivity contribution is 7.22. The highest BCUT2D eigenvalue weighted by atomic mass is 32.1. The molecule has 6 heteroatoms. The molecule has 0 spiro atoms. The van der Waals surface area contributed by atoms with Gasteiger partial charge in [0, 0.05) is 18.7 Å². The SMILES string of the molecule is CCOc1cccc2sc(N(CCN(C)C)C(=O)c3ccc(-c4ccccc4)cc3)nc12. The average molecular weight is 446 g/mol. The monoisotopic (exact) mass is 445 g/mol.